The van der Waals surface area contributed by atoms with Gasteiger partial charge in [-0.3, -0.25) is 0 Å². The van der Waals surface area contributed by atoms with Crippen LogP contribution in [-0.4, -0.2) is 37.9 Å². The number of ether oxygens (including phenoxy) is 1. The van der Waals surface area contributed by atoms with Gasteiger partial charge in [-0.1, -0.05) is 0 Å². The van der Waals surface area contributed by atoms with Crippen LogP contribution < -0.4 is 61.8 Å². The molecule has 2 aromatic heterocycles. The molecule has 0 fully saturated rings. The summed E-state index contributed by atoms with van der Waals surface area (Å²) in [7, 11) is 3.48. The van der Waals surface area contributed by atoms with Crippen LogP contribution in [0, 0.1) is 5.82 Å². The first kappa shape index (κ1) is 20.8. The summed E-state index contributed by atoms with van der Waals surface area (Å²) in [5, 5.41) is 6.29. The number of carbonyl (C=O) groups excluding carboxylic acids is 1. The number of amides is 1. The molecule has 1 aromatic carbocycles. The van der Waals surface area contributed by atoms with E-state index in [0.717, 1.165) is 11.3 Å². The van der Waals surface area contributed by atoms with Crippen molar-refractivity contribution in [3.8, 4) is 22.8 Å². The molecule has 0 aliphatic carbocycles. The van der Waals surface area contributed by atoms with Crippen molar-refractivity contribution < 1.29 is 60.4 Å². The van der Waals surface area contributed by atoms with E-state index in [1.54, 1.807) is 24.5 Å². The zero-order chi connectivity index (χ0) is 21.5. The number of alkyl halides is 1. The number of pyridine rings is 1. The molecule has 0 saturated heterocycles. The van der Waals surface area contributed by atoms with Crippen molar-refractivity contribution >= 4 is 17.3 Å². The Morgan fingerprint density at radius 3 is 3.10 bits per heavy atom. The molecule has 5 rings (SSSR count). The second-order valence-electron chi connectivity index (χ2n) is 6.80. The fraction of sp³-hybridized carbons (Fsp3) is 0.200. The molecule has 1 atom stereocenters. The van der Waals surface area contributed by atoms with Crippen LogP contribution in [0.3, 0.4) is 0 Å². The third-order valence-electron chi connectivity index (χ3n) is 4.96. The molecule has 4 heterocycles. The van der Waals surface area contributed by atoms with Gasteiger partial charge in [0.1, 0.15) is 0 Å². The van der Waals surface area contributed by atoms with E-state index in [1.807, 2.05) is 6.07 Å². The zero-order valence-electron chi connectivity index (χ0n) is 16.5. The van der Waals surface area contributed by atoms with Crippen molar-refractivity contribution in [2.24, 2.45) is 0 Å². The molecule has 0 spiro atoms. The molecule has 2 bridgehead atoms. The number of hydrogen-bond donors (Lipinski definition) is 3. The van der Waals surface area contributed by atoms with E-state index in [-0.39, 0.29) is 15.6 Å². The van der Waals surface area contributed by atoms with Crippen LogP contribution in [-0.2, 0) is 0 Å². The fourth-order valence-corrected chi connectivity index (χ4v) is 9.42. The summed E-state index contributed by atoms with van der Waals surface area (Å²) in [4.78, 5) is 20.7. The molecule has 2 aliphatic rings. The van der Waals surface area contributed by atoms with Crippen LogP contribution >= 0.6 is 0 Å². The molecule has 31 heavy (non-hydrogen) atoms. The topological polar surface area (TPSA) is 91.5 Å². The van der Waals surface area contributed by atoms with Gasteiger partial charge in [0.25, 0.3) is 0 Å². The fourth-order valence-electron chi connectivity index (χ4n) is 3.63. The van der Waals surface area contributed by atoms with Crippen LogP contribution in [0.2, 0.25) is 0 Å². The Hall–Kier alpha value is -2.13. The van der Waals surface area contributed by atoms with E-state index in [9.17, 15) is 9.18 Å². The maximum absolute atomic E-state index is 14.3. The van der Waals surface area contributed by atoms with E-state index < -0.39 is 49.2 Å². The van der Waals surface area contributed by atoms with Crippen molar-refractivity contribution in [1.29, 1.82) is 0 Å². The Labute approximate surface area is 199 Å². The van der Waals surface area contributed by atoms with Crippen molar-refractivity contribution in [2.45, 2.75) is 3.92 Å². The van der Waals surface area contributed by atoms with Crippen molar-refractivity contribution in [3.05, 3.63) is 53.7 Å². The number of H-pyrrole nitrogens is 1. The van der Waals surface area contributed by atoms with Gasteiger partial charge in [-0.2, -0.15) is 0 Å². The Morgan fingerprint density at radius 1 is 1.39 bits per heavy atom. The average Bonchev–Trinajstić information content (AvgIpc) is 3.14. The summed E-state index contributed by atoms with van der Waals surface area (Å²) in [5.74, 6) is 0.0928. The van der Waals surface area contributed by atoms with Gasteiger partial charge in [0.05, 0.1) is 0 Å². The molecular formula is C20H18FI2N5O3-2. The van der Waals surface area contributed by atoms with E-state index in [1.165, 1.54) is 13.2 Å². The first-order valence-electron chi connectivity index (χ1n) is 9.34. The summed E-state index contributed by atoms with van der Waals surface area (Å²) in [6, 6.07) is 6.51. The number of anilines is 2. The Bertz CT molecular complexity index is 1170. The number of hydrogen-bond acceptors (Lipinski definition) is 6. The molecule has 3 N–H and O–H groups in total. The monoisotopic (exact) mass is 649 g/mol. The predicted octanol–water partition coefficient (Wildman–Crippen LogP) is -3.00. The number of fused-ring (bicyclic) bond motifs is 3. The molecule has 0 saturated carbocycles. The third kappa shape index (κ3) is 3.71. The number of methoxy groups -OCH3 is 1. The standard InChI is InChI=1S/C20H18FI2N5O3/c1-28-22-12-8-25-20(29)15-17(12)27-16(10-6-7-24-9-14(10)31-23-28)18(15)26-13-5-3-4-11(21)19(13)30-2/h3-7,9,12,26-27H,8H2,1-2H3,(H,25,29)/q-2/t12-/m0/s1. The van der Waals surface area contributed by atoms with Crippen LogP contribution in [0.4, 0.5) is 15.8 Å². The SMILES string of the molecule is COc1c(F)cccc1Nc1c2[nH]c3c1C(=O)NC[C@@H]3[I-]N(C)[I-]Oc1cnccc1-2. The zero-order valence-corrected chi connectivity index (χ0v) is 20.8. The second kappa shape index (κ2) is 8.43. The van der Waals surface area contributed by atoms with Gasteiger partial charge in [0.15, 0.2) is 0 Å². The number of halogens is 3. The Morgan fingerprint density at radius 2 is 2.26 bits per heavy atom. The number of nitrogens with zero attached hydrogens (tertiary/aromatic N) is 2. The predicted molar refractivity (Wildman–Crippen MR) is 104 cm³/mol. The van der Waals surface area contributed by atoms with Gasteiger partial charge in [-0.05, 0) is 0 Å². The van der Waals surface area contributed by atoms with Gasteiger partial charge < -0.3 is 0 Å². The summed E-state index contributed by atoms with van der Waals surface area (Å²) in [5.41, 5.74) is 3.98. The summed E-state index contributed by atoms with van der Waals surface area (Å²) in [6.07, 6.45) is 3.37. The molecule has 0 unspecified atom stereocenters. The van der Waals surface area contributed by atoms with Gasteiger partial charge in [-0.15, -0.1) is 0 Å². The normalized spacial score (nSPS) is 18.4. The molecular weight excluding hydrogens is 631 g/mol. The second-order valence-corrected chi connectivity index (χ2v) is 14.4. The average molecular weight is 649 g/mol. The Kier molecular flexibility index (Phi) is 5.64. The molecule has 3 aromatic rings. The molecule has 8 nitrogen and oxygen atoms in total. The van der Waals surface area contributed by atoms with E-state index in [0.29, 0.717) is 34.9 Å². The van der Waals surface area contributed by atoms with E-state index in [4.69, 9.17) is 7.80 Å². The van der Waals surface area contributed by atoms with Crippen LogP contribution in [0.5, 0.6) is 11.5 Å². The minimum absolute atomic E-state index is 0.0877. The number of rotatable bonds is 3. The molecule has 11 heteroatoms. The number of carbonyl (C=O) groups is 1. The number of benzene rings is 1. The summed E-state index contributed by atoms with van der Waals surface area (Å²) >= 11 is -1.09. The van der Waals surface area contributed by atoms with Crippen molar-refractivity contribution in [3.63, 3.8) is 0 Å². The number of aromatic amines is 1. The number of nitrogens with one attached hydrogen (secondary N) is 3. The van der Waals surface area contributed by atoms with E-state index >= 15 is 0 Å². The molecule has 1 amide bonds. The quantitative estimate of drug-likeness (QED) is 0.160. The summed E-state index contributed by atoms with van der Waals surface area (Å²) < 4.78 is 28.2. The van der Waals surface area contributed by atoms with E-state index in [2.05, 4.69) is 29.0 Å². The third-order valence-corrected chi connectivity index (χ3v) is 11.1. The Balaban J connectivity index is 1.75. The summed E-state index contributed by atoms with van der Waals surface area (Å²) in [6.45, 7) is 0.582. The first-order valence-corrected chi connectivity index (χ1v) is 13.4. The maximum atomic E-state index is 14.3. The molecule has 2 aliphatic heterocycles. The van der Waals surface area contributed by atoms with Crippen molar-refractivity contribution in [1.82, 2.24) is 16.6 Å². The first-order chi connectivity index (χ1) is 15.1. The van der Waals surface area contributed by atoms with Crippen molar-refractivity contribution in [2.75, 3.05) is 26.0 Å². The van der Waals surface area contributed by atoms with Gasteiger partial charge >= 0.3 is 201 Å². The van der Waals surface area contributed by atoms with Crippen LogP contribution in [0.1, 0.15) is 20.0 Å². The van der Waals surface area contributed by atoms with Crippen LogP contribution in [0.25, 0.3) is 11.3 Å². The van der Waals surface area contributed by atoms with Gasteiger partial charge in [-0.25, -0.2) is 0 Å². The van der Waals surface area contributed by atoms with Crippen LogP contribution in [0.15, 0.2) is 36.7 Å². The molecule has 164 valence electrons. The minimum atomic E-state index is -0.668. The number of para-hydroxylation sites is 1. The van der Waals surface area contributed by atoms with Gasteiger partial charge in [0, 0.05) is 0 Å². The van der Waals surface area contributed by atoms with Gasteiger partial charge in [0.2, 0.25) is 0 Å². The number of aromatic nitrogens is 2. The molecule has 0 radical (unpaired) electrons.